The largest absolute Gasteiger partial charge is 0.399 e. The molecular formula is C13H16N2O3S2. The smallest absolute Gasteiger partial charge is 0.210 e. The van der Waals surface area contributed by atoms with Crippen LogP contribution in [0, 0.1) is 0 Å². The van der Waals surface area contributed by atoms with Gasteiger partial charge in [-0.1, -0.05) is 0 Å². The third-order valence-electron chi connectivity index (χ3n) is 3.34. The molecule has 2 aromatic rings. The molecular weight excluding hydrogens is 296 g/mol. The molecule has 1 saturated heterocycles. The molecule has 0 saturated carbocycles. The number of nitrogen functional groups attached to an aromatic ring is 1. The van der Waals surface area contributed by atoms with Gasteiger partial charge in [0.25, 0.3) is 0 Å². The Hall–Kier alpha value is -1.18. The summed E-state index contributed by atoms with van der Waals surface area (Å²) in [6.07, 6.45) is 2.63. The standard InChI is InChI=1S/C13H16N2O3S2/c14-9-4-5-11-12(7-9)19-13(15-11)20(16,17)8-10-3-1-2-6-18-10/h4-5,7,10H,1-3,6,8,14H2. The topological polar surface area (TPSA) is 82.3 Å². The molecule has 1 aliphatic heterocycles. The number of benzene rings is 1. The molecule has 1 unspecified atom stereocenters. The average molecular weight is 312 g/mol. The van der Waals surface area contributed by atoms with Crippen molar-refractivity contribution in [3.05, 3.63) is 18.2 Å². The molecule has 108 valence electrons. The Labute approximate surface area is 121 Å². The van der Waals surface area contributed by atoms with Gasteiger partial charge in [0.2, 0.25) is 14.2 Å². The van der Waals surface area contributed by atoms with E-state index in [1.807, 2.05) is 0 Å². The summed E-state index contributed by atoms with van der Waals surface area (Å²) in [4.78, 5) is 4.21. The summed E-state index contributed by atoms with van der Waals surface area (Å²) in [6, 6.07) is 5.23. The van der Waals surface area contributed by atoms with Crippen LogP contribution in [0.2, 0.25) is 0 Å². The number of nitrogens with zero attached hydrogens (tertiary/aromatic N) is 1. The minimum atomic E-state index is -3.39. The van der Waals surface area contributed by atoms with Crippen molar-refractivity contribution in [3.63, 3.8) is 0 Å². The summed E-state index contributed by atoms with van der Waals surface area (Å²) in [5.41, 5.74) is 6.99. The highest BCUT2D eigenvalue weighted by molar-refractivity contribution is 7.93. The van der Waals surface area contributed by atoms with Crippen molar-refractivity contribution in [2.45, 2.75) is 29.7 Å². The third-order valence-corrected chi connectivity index (χ3v) is 6.60. The van der Waals surface area contributed by atoms with E-state index in [2.05, 4.69) is 4.98 Å². The van der Waals surface area contributed by atoms with Crippen LogP contribution in [0.3, 0.4) is 0 Å². The van der Waals surface area contributed by atoms with E-state index in [1.165, 1.54) is 11.3 Å². The number of sulfone groups is 1. The lowest BCUT2D eigenvalue weighted by Crippen LogP contribution is -2.27. The van der Waals surface area contributed by atoms with E-state index in [9.17, 15) is 8.42 Å². The maximum atomic E-state index is 12.4. The second-order valence-electron chi connectivity index (χ2n) is 4.98. The Balaban J connectivity index is 1.88. The van der Waals surface area contributed by atoms with E-state index in [4.69, 9.17) is 10.5 Å². The van der Waals surface area contributed by atoms with Crippen molar-refractivity contribution in [2.75, 3.05) is 18.1 Å². The first kappa shape index (κ1) is 13.8. The number of ether oxygens (including phenoxy) is 1. The Bertz CT molecular complexity index is 718. The van der Waals surface area contributed by atoms with Gasteiger partial charge in [-0.3, -0.25) is 0 Å². The molecule has 0 amide bonds. The molecule has 20 heavy (non-hydrogen) atoms. The lowest BCUT2D eigenvalue weighted by atomic mass is 10.1. The maximum absolute atomic E-state index is 12.4. The normalized spacial score (nSPS) is 20.3. The fourth-order valence-electron chi connectivity index (χ4n) is 2.31. The second kappa shape index (κ2) is 5.31. The number of nitrogens with two attached hydrogens (primary N) is 1. The van der Waals surface area contributed by atoms with Gasteiger partial charge in [0.15, 0.2) is 0 Å². The van der Waals surface area contributed by atoms with Crippen molar-refractivity contribution in [2.24, 2.45) is 0 Å². The van der Waals surface area contributed by atoms with Crippen molar-refractivity contribution in [1.29, 1.82) is 0 Å². The molecule has 1 fully saturated rings. The van der Waals surface area contributed by atoms with Crippen LogP contribution in [0.1, 0.15) is 19.3 Å². The minimum Gasteiger partial charge on any atom is -0.399 e. The van der Waals surface area contributed by atoms with Crippen molar-refractivity contribution in [3.8, 4) is 0 Å². The molecule has 7 heteroatoms. The van der Waals surface area contributed by atoms with Crippen LogP contribution in [0.4, 0.5) is 5.69 Å². The van der Waals surface area contributed by atoms with Gasteiger partial charge in [0, 0.05) is 12.3 Å². The molecule has 1 atom stereocenters. The van der Waals surface area contributed by atoms with E-state index in [-0.39, 0.29) is 16.2 Å². The summed E-state index contributed by atoms with van der Waals surface area (Å²) in [6.45, 7) is 0.649. The van der Waals surface area contributed by atoms with Gasteiger partial charge >= 0.3 is 0 Å². The van der Waals surface area contributed by atoms with E-state index >= 15 is 0 Å². The van der Waals surface area contributed by atoms with Crippen LogP contribution < -0.4 is 5.73 Å². The fraction of sp³-hybridized carbons (Fsp3) is 0.462. The lowest BCUT2D eigenvalue weighted by molar-refractivity contribution is 0.0305. The van der Waals surface area contributed by atoms with Crippen LogP contribution in [0.5, 0.6) is 0 Å². The number of thiazole rings is 1. The van der Waals surface area contributed by atoms with E-state index in [0.717, 1.165) is 24.0 Å². The van der Waals surface area contributed by atoms with Gasteiger partial charge in [-0.15, -0.1) is 11.3 Å². The predicted octanol–water partition coefficient (Wildman–Crippen LogP) is 2.22. The molecule has 1 aliphatic rings. The molecule has 1 aromatic carbocycles. The molecule has 2 heterocycles. The Morgan fingerprint density at radius 2 is 2.25 bits per heavy atom. The van der Waals surface area contributed by atoms with Crippen LogP contribution in [0.25, 0.3) is 10.2 Å². The van der Waals surface area contributed by atoms with E-state index < -0.39 is 9.84 Å². The third kappa shape index (κ3) is 2.79. The van der Waals surface area contributed by atoms with E-state index in [1.54, 1.807) is 18.2 Å². The SMILES string of the molecule is Nc1ccc2nc(S(=O)(=O)CC3CCCCO3)sc2c1. The van der Waals surface area contributed by atoms with Crippen molar-refractivity contribution >= 4 is 37.1 Å². The number of hydrogen-bond donors (Lipinski definition) is 1. The number of rotatable bonds is 3. The number of hydrogen-bond acceptors (Lipinski definition) is 6. The zero-order valence-electron chi connectivity index (χ0n) is 10.9. The fourth-order valence-corrected chi connectivity index (χ4v) is 5.17. The molecule has 1 aromatic heterocycles. The molecule has 0 aliphatic carbocycles. The van der Waals surface area contributed by atoms with Gasteiger partial charge in [-0.25, -0.2) is 13.4 Å². The minimum absolute atomic E-state index is 0.0162. The molecule has 0 bridgehead atoms. The summed E-state index contributed by atoms with van der Waals surface area (Å²) in [5.74, 6) is 0.0162. The maximum Gasteiger partial charge on any atom is 0.210 e. The highest BCUT2D eigenvalue weighted by Gasteiger charge is 2.26. The first-order chi connectivity index (χ1) is 9.54. The van der Waals surface area contributed by atoms with Crippen molar-refractivity contribution in [1.82, 2.24) is 4.98 Å². The number of anilines is 1. The van der Waals surface area contributed by atoms with Gasteiger partial charge in [-0.05, 0) is 37.5 Å². The summed E-state index contributed by atoms with van der Waals surface area (Å²) in [5, 5.41) is 0. The predicted molar refractivity (Wildman–Crippen MR) is 79.7 cm³/mol. The van der Waals surface area contributed by atoms with Crippen LogP contribution in [-0.2, 0) is 14.6 Å². The van der Waals surface area contributed by atoms with Gasteiger partial charge in [-0.2, -0.15) is 0 Å². The van der Waals surface area contributed by atoms with E-state index in [0.29, 0.717) is 17.8 Å². The lowest BCUT2D eigenvalue weighted by Gasteiger charge is -2.21. The number of fused-ring (bicyclic) bond motifs is 1. The van der Waals surface area contributed by atoms with Crippen molar-refractivity contribution < 1.29 is 13.2 Å². The zero-order valence-corrected chi connectivity index (χ0v) is 12.5. The molecule has 0 spiro atoms. The highest BCUT2D eigenvalue weighted by Crippen LogP contribution is 2.29. The quantitative estimate of drug-likeness (QED) is 0.879. The number of aromatic nitrogens is 1. The van der Waals surface area contributed by atoms with Crippen LogP contribution >= 0.6 is 11.3 Å². The summed E-state index contributed by atoms with van der Waals surface area (Å²) >= 11 is 1.17. The van der Waals surface area contributed by atoms with Crippen LogP contribution in [-0.4, -0.2) is 31.9 Å². The Morgan fingerprint density at radius 1 is 1.40 bits per heavy atom. The van der Waals surface area contributed by atoms with Gasteiger partial charge in [0.1, 0.15) is 0 Å². The van der Waals surface area contributed by atoms with Gasteiger partial charge in [0.05, 0.1) is 22.1 Å². The first-order valence-corrected chi connectivity index (χ1v) is 9.02. The monoisotopic (exact) mass is 312 g/mol. The molecule has 0 radical (unpaired) electrons. The van der Waals surface area contributed by atoms with Gasteiger partial charge < -0.3 is 10.5 Å². The first-order valence-electron chi connectivity index (χ1n) is 6.55. The Kier molecular flexibility index (Phi) is 3.66. The summed E-state index contributed by atoms with van der Waals surface area (Å²) < 4.78 is 31.2. The average Bonchev–Trinajstić information content (AvgIpc) is 2.83. The highest BCUT2D eigenvalue weighted by atomic mass is 32.2. The molecule has 2 N–H and O–H groups in total. The Morgan fingerprint density at radius 3 is 3.00 bits per heavy atom. The zero-order chi connectivity index (χ0) is 14.2. The summed E-state index contributed by atoms with van der Waals surface area (Å²) in [7, 11) is -3.39. The second-order valence-corrected chi connectivity index (χ2v) is 8.22. The molecule has 5 nitrogen and oxygen atoms in total. The molecule has 3 rings (SSSR count). The van der Waals surface area contributed by atoms with Crippen LogP contribution in [0.15, 0.2) is 22.5 Å².